The van der Waals surface area contributed by atoms with Gasteiger partial charge in [-0.1, -0.05) is 31.9 Å². The number of carbonyl (C=O) groups excluding carboxylic acids is 2. The molecule has 1 aromatic rings. The first-order valence-corrected chi connectivity index (χ1v) is 14.2. The van der Waals surface area contributed by atoms with Crippen molar-refractivity contribution in [2.75, 3.05) is 19.8 Å². The number of carbonyl (C=O) groups is 2. The highest BCUT2D eigenvalue weighted by Crippen LogP contribution is 2.20. The first-order valence-electron chi connectivity index (χ1n) is 11.1. The molecule has 1 aromatic carbocycles. The fraction of sp³-hybridized carbons (Fsp3) is 0.652. The van der Waals surface area contributed by atoms with E-state index < -0.39 is 8.32 Å². The maximum Gasteiger partial charge on any atom is 0.410 e. The lowest BCUT2D eigenvalue weighted by molar-refractivity contribution is 0.0282. The van der Waals surface area contributed by atoms with Crippen LogP contribution in [-0.2, 0) is 20.3 Å². The third kappa shape index (κ3) is 7.76. The quantitative estimate of drug-likeness (QED) is 0.360. The molecule has 1 amide bonds. The average Bonchev–Trinajstić information content (AvgIpc) is 2.70. The molecule has 7 heteroatoms. The van der Waals surface area contributed by atoms with Crippen LogP contribution in [0, 0.1) is 0 Å². The van der Waals surface area contributed by atoms with Crippen molar-refractivity contribution < 1.29 is 23.5 Å². The molecule has 30 heavy (non-hydrogen) atoms. The third-order valence-corrected chi connectivity index (χ3v) is 7.83. The second kappa shape index (κ2) is 11.5. The summed E-state index contributed by atoms with van der Waals surface area (Å²) in [6, 6.07) is 8.58. The molecule has 0 spiro atoms. The standard InChI is InChI=1S/C23H37NO5Si/c1-6-7-16-30(4,5)28-17-21-13-15-27-23(26)24(21)14-12-19-8-10-20(11-9-19)22(25)29-18(2)3/h8-11,18,21H,6-7,12-17H2,1-5H3/t21-/m1/s1. The molecule has 1 heterocycles. The van der Waals surface area contributed by atoms with E-state index in [9.17, 15) is 9.59 Å². The summed E-state index contributed by atoms with van der Waals surface area (Å²) in [7, 11) is -1.70. The summed E-state index contributed by atoms with van der Waals surface area (Å²) in [6.45, 7) is 12.0. The van der Waals surface area contributed by atoms with Crippen molar-refractivity contribution in [3.63, 3.8) is 0 Å². The average molecular weight is 436 g/mol. The number of hydrogen-bond acceptors (Lipinski definition) is 5. The normalized spacial score (nSPS) is 17.2. The Labute approximate surface area is 182 Å². The van der Waals surface area contributed by atoms with Gasteiger partial charge in [0.2, 0.25) is 0 Å². The van der Waals surface area contributed by atoms with E-state index in [4.69, 9.17) is 13.9 Å². The molecule has 0 aliphatic carbocycles. The summed E-state index contributed by atoms with van der Waals surface area (Å²) < 4.78 is 16.8. The largest absolute Gasteiger partial charge is 0.459 e. The number of rotatable bonds is 11. The minimum Gasteiger partial charge on any atom is -0.459 e. The van der Waals surface area contributed by atoms with E-state index in [1.165, 1.54) is 12.8 Å². The van der Waals surface area contributed by atoms with Gasteiger partial charge in [-0.05, 0) is 57.1 Å². The van der Waals surface area contributed by atoms with E-state index in [0.717, 1.165) is 18.0 Å². The molecule has 1 aliphatic rings. The van der Waals surface area contributed by atoms with Gasteiger partial charge in [0.25, 0.3) is 0 Å². The first-order chi connectivity index (χ1) is 14.2. The summed E-state index contributed by atoms with van der Waals surface area (Å²) in [5, 5.41) is 0. The molecule has 168 valence electrons. The van der Waals surface area contributed by atoms with Crippen LogP contribution in [0.1, 0.15) is 56.0 Å². The maximum atomic E-state index is 12.4. The molecule has 0 N–H and O–H groups in total. The number of esters is 1. The van der Waals surface area contributed by atoms with Gasteiger partial charge in [0.15, 0.2) is 8.32 Å². The number of cyclic esters (lactones) is 1. The topological polar surface area (TPSA) is 65.1 Å². The van der Waals surface area contributed by atoms with E-state index in [0.29, 0.717) is 31.7 Å². The summed E-state index contributed by atoms with van der Waals surface area (Å²) in [5.41, 5.74) is 1.60. The van der Waals surface area contributed by atoms with Crippen molar-refractivity contribution in [2.45, 2.75) is 77.7 Å². The van der Waals surface area contributed by atoms with Crippen molar-refractivity contribution >= 4 is 20.4 Å². The second-order valence-electron chi connectivity index (χ2n) is 8.83. The van der Waals surface area contributed by atoms with Gasteiger partial charge in [-0.25, -0.2) is 9.59 Å². The zero-order valence-corrected chi connectivity index (χ0v) is 20.1. The molecule has 1 atom stereocenters. The summed E-state index contributed by atoms with van der Waals surface area (Å²) in [6.07, 6.45) is 3.45. The van der Waals surface area contributed by atoms with Crippen LogP contribution in [0.5, 0.6) is 0 Å². The predicted octanol–water partition coefficient (Wildman–Crippen LogP) is 5.03. The maximum absolute atomic E-state index is 12.4. The minimum absolute atomic E-state index is 0.0555. The number of nitrogens with zero attached hydrogens (tertiary/aromatic N) is 1. The van der Waals surface area contributed by atoms with Crippen LogP contribution in [0.25, 0.3) is 0 Å². The van der Waals surface area contributed by atoms with Gasteiger partial charge < -0.3 is 18.8 Å². The zero-order valence-electron chi connectivity index (χ0n) is 19.1. The van der Waals surface area contributed by atoms with E-state index >= 15 is 0 Å². The summed E-state index contributed by atoms with van der Waals surface area (Å²) >= 11 is 0. The summed E-state index contributed by atoms with van der Waals surface area (Å²) in [5.74, 6) is -0.316. The van der Waals surface area contributed by atoms with Gasteiger partial charge >= 0.3 is 12.1 Å². The van der Waals surface area contributed by atoms with E-state index in [-0.39, 0.29) is 24.2 Å². The van der Waals surface area contributed by atoms with Crippen molar-refractivity contribution in [3.05, 3.63) is 35.4 Å². The fourth-order valence-electron chi connectivity index (χ4n) is 3.45. The van der Waals surface area contributed by atoms with Crippen LogP contribution in [-0.4, -0.2) is 57.2 Å². The number of amides is 1. The molecule has 0 aromatic heterocycles. The van der Waals surface area contributed by atoms with E-state index in [2.05, 4.69) is 20.0 Å². The predicted molar refractivity (Wildman–Crippen MR) is 120 cm³/mol. The molecule has 1 aliphatic heterocycles. The Morgan fingerprint density at radius 3 is 2.60 bits per heavy atom. The zero-order chi connectivity index (χ0) is 22.1. The van der Waals surface area contributed by atoms with Crippen LogP contribution >= 0.6 is 0 Å². The van der Waals surface area contributed by atoms with Gasteiger partial charge in [-0.2, -0.15) is 0 Å². The Bertz CT molecular complexity index is 689. The van der Waals surface area contributed by atoms with Gasteiger partial charge in [0.05, 0.1) is 30.9 Å². The molecular formula is C23H37NO5Si. The van der Waals surface area contributed by atoms with Crippen molar-refractivity contribution in [1.82, 2.24) is 4.90 Å². The smallest absolute Gasteiger partial charge is 0.410 e. The monoisotopic (exact) mass is 435 g/mol. The minimum atomic E-state index is -1.70. The molecule has 0 bridgehead atoms. The number of unbranched alkanes of at least 4 members (excludes halogenated alkanes) is 1. The number of hydrogen-bond donors (Lipinski definition) is 0. The number of benzene rings is 1. The van der Waals surface area contributed by atoms with Gasteiger partial charge in [-0.3, -0.25) is 0 Å². The highest BCUT2D eigenvalue weighted by molar-refractivity contribution is 6.71. The highest BCUT2D eigenvalue weighted by atomic mass is 28.4. The lowest BCUT2D eigenvalue weighted by Gasteiger charge is -2.36. The third-order valence-electron chi connectivity index (χ3n) is 5.32. The lowest BCUT2D eigenvalue weighted by atomic mass is 10.1. The Kier molecular flexibility index (Phi) is 9.36. The Balaban J connectivity index is 1.92. The Hall–Kier alpha value is -1.86. The molecular weight excluding hydrogens is 398 g/mol. The Morgan fingerprint density at radius 1 is 1.27 bits per heavy atom. The van der Waals surface area contributed by atoms with Crippen LogP contribution < -0.4 is 0 Å². The molecule has 0 saturated carbocycles. The van der Waals surface area contributed by atoms with E-state index in [1.54, 1.807) is 17.0 Å². The van der Waals surface area contributed by atoms with Crippen molar-refractivity contribution in [2.24, 2.45) is 0 Å². The van der Waals surface area contributed by atoms with Crippen LogP contribution in [0.3, 0.4) is 0 Å². The van der Waals surface area contributed by atoms with Gasteiger partial charge in [0, 0.05) is 13.0 Å². The molecule has 1 fully saturated rings. The van der Waals surface area contributed by atoms with Gasteiger partial charge in [0.1, 0.15) is 0 Å². The van der Waals surface area contributed by atoms with Crippen LogP contribution in [0.15, 0.2) is 24.3 Å². The molecule has 2 rings (SSSR count). The van der Waals surface area contributed by atoms with E-state index in [1.807, 2.05) is 26.0 Å². The first kappa shape index (κ1) is 24.4. The molecule has 0 radical (unpaired) electrons. The molecule has 1 saturated heterocycles. The molecule has 6 nitrogen and oxygen atoms in total. The highest BCUT2D eigenvalue weighted by Gasteiger charge is 2.32. The SMILES string of the molecule is CCCC[Si](C)(C)OC[C@H]1CCOC(=O)N1CCc1ccc(C(=O)OC(C)C)cc1. The van der Waals surface area contributed by atoms with Crippen molar-refractivity contribution in [3.8, 4) is 0 Å². The second-order valence-corrected chi connectivity index (χ2v) is 13.1. The van der Waals surface area contributed by atoms with Crippen molar-refractivity contribution in [1.29, 1.82) is 0 Å². The fourth-order valence-corrected chi connectivity index (χ4v) is 5.45. The lowest BCUT2D eigenvalue weighted by Crippen LogP contribution is -2.50. The summed E-state index contributed by atoms with van der Waals surface area (Å²) in [4.78, 5) is 26.1. The van der Waals surface area contributed by atoms with Crippen LogP contribution in [0.4, 0.5) is 4.79 Å². The van der Waals surface area contributed by atoms with Crippen LogP contribution in [0.2, 0.25) is 19.1 Å². The number of ether oxygens (including phenoxy) is 2. The Morgan fingerprint density at radius 2 is 1.97 bits per heavy atom. The van der Waals surface area contributed by atoms with Gasteiger partial charge in [-0.15, -0.1) is 0 Å². The molecule has 0 unspecified atom stereocenters.